The van der Waals surface area contributed by atoms with Crippen LogP contribution in [0.4, 0.5) is 5.82 Å². The van der Waals surface area contributed by atoms with Gasteiger partial charge >= 0.3 is 0 Å². The Morgan fingerprint density at radius 1 is 1.22 bits per heavy atom. The van der Waals surface area contributed by atoms with Crippen LogP contribution in [0.3, 0.4) is 0 Å². The second-order valence-electron chi connectivity index (χ2n) is 4.16. The molecule has 0 radical (unpaired) electrons. The topological polar surface area (TPSA) is 37.4 Å². The van der Waals surface area contributed by atoms with E-state index in [-0.39, 0.29) is 0 Å². The Morgan fingerprint density at radius 3 is 2.67 bits per heavy atom. The molecule has 0 spiro atoms. The third kappa shape index (κ3) is 5.36. The lowest BCUT2D eigenvalue weighted by Gasteiger charge is -2.17. The van der Waals surface area contributed by atoms with Crippen molar-refractivity contribution in [1.82, 2.24) is 9.88 Å². The Balaban J connectivity index is 2.37. The molecule has 1 aromatic rings. The van der Waals surface area contributed by atoms with Crippen molar-refractivity contribution in [2.45, 2.75) is 27.2 Å². The lowest BCUT2D eigenvalue weighted by Crippen LogP contribution is -2.28. The van der Waals surface area contributed by atoms with E-state index in [2.05, 4.69) is 36.0 Å². The predicted octanol–water partition coefficient (Wildman–Crippen LogP) is 2.62. The maximum Gasteiger partial charge on any atom is 0.215 e. The van der Waals surface area contributed by atoms with Gasteiger partial charge in [0.15, 0.2) is 0 Å². The third-order valence-electron chi connectivity index (χ3n) is 2.83. The van der Waals surface area contributed by atoms with E-state index in [9.17, 15) is 0 Å². The minimum atomic E-state index is 0.686. The fraction of sp³-hybridized carbons (Fsp3) is 0.643. The molecule has 0 fully saturated rings. The zero-order chi connectivity index (χ0) is 13.2. The summed E-state index contributed by atoms with van der Waals surface area (Å²) >= 11 is 0. The number of nitrogens with zero attached hydrogens (tertiary/aromatic N) is 2. The molecule has 0 unspecified atom stereocenters. The monoisotopic (exact) mass is 251 g/mol. The van der Waals surface area contributed by atoms with E-state index in [4.69, 9.17) is 4.74 Å². The van der Waals surface area contributed by atoms with Crippen molar-refractivity contribution in [3.05, 3.63) is 18.2 Å². The highest BCUT2D eigenvalue weighted by Crippen LogP contribution is 2.11. The SMILES string of the molecule is CCCNc1cccc(OCCN(CC)CC)n1. The molecule has 4 heteroatoms. The number of anilines is 1. The summed E-state index contributed by atoms with van der Waals surface area (Å²) in [5, 5.41) is 3.25. The standard InChI is InChI=1S/C14H25N3O/c1-4-10-15-13-8-7-9-14(16-13)18-12-11-17(5-2)6-3/h7-9H,4-6,10-12H2,1-3H3,(H,15,16). The first kappa shape index (κ1) is 14.8. The molecule has 102 valence electrons. The van der Waals surface area contributed by atoms with Gasteiger partial charge in [0, 0.05) is 19.2 Å². The van der Waals surface area contributed by atoms with Crippen LogP contribution in [-0.4, -0.2) is 42.7 Å². The first-order valence-electron chi connectivity index (χ1n) is 6.86. The molecule has 1 N–H and O–H groups in total. The number of aromatic nitrogens is 1. The quantitative estimate of drug-likeness (QED) is 0.732. The van der Waals surface area contributed by atoms with Crippen LogP contribution in [0.1, 0.15) is 27.2 Å². The van der Waals surface area contributed by atoms with Crippen molar-refractivity contribution >= 4 is 5.82 Å². The molecule has 0 saturated heterocycles. The molecule has 4 nitrogen and oxygen atoms in total. The summed E-state index contributed by atoms with van der Waals surface area (Å²) in [5.74, 6) is 1.58. The van der Waals surface area contributed by atoms with Gasteiger partial charge in [0.05, 0.1) is 0 Å². The van der Waals surface area contributed by atoms with Gasteiger partial charge in [0.25, 0.3) is 0 Å². The van der Waals surface area contributed by atoms with Crippen LogP contribution in [0.25, 0.3) is 0 Å². The van der Waals surface area contributed by atoms with Gasteiger partial charge in [-0.1, -0.05) is 26.8 Å². The Hall–Kier alpha value is -1.29. The summed E-state index contributed by atoms with van der Waals surface area (Å²) in [6.45, 7) is 11.2. The second kappa shape index (κ2) is 8.75. The summed E-state index contributed by atoms with van der Waals surface area (Å²) in [5.41, 5.74) is 0. The highest BCUT2D eigenvalue weighted by molar-refractivity contribution is 5.36. The summed E-state index contributed by atoms with van der Waals surface area (Å²) in [6.07, 6.45) is 1.09. The molecule has 1 heterocycles. The summed E-state index contributed by atoms with van der Waals surface area (Å²) in [6, 6.07) is 5.84. The number of likely N-dealkylation sites (N-methyl/N-ethyl adjacent to an activating group) is 1. The molecule has 1 rings (SSSR count). The fourth-order valence-corrected chi connectivity index (χ4v) is 1.67. The van der Waals surface area contributed by atoms with Crippen molar-refractivity contribution in [1.29, 1.82) is 0 Å². The van der Waals surface area contributed by atoms with E-state index in [1.165, 1.54) is 0 Å². The Kier molecular flexibility index (Phi) is 7.18. The van der Waals surface area contributed by atoms with Gasteiger partial charge in [-0.15, -0.1) is 0 Å². The Bertz CT molecular complexity index is 327. The van der Waals surface area contributed by atoms with Gasteiger partial charge < -0.3 is 15.0 Å². The van der Waals surface area contributed by atoms with Crippen molar-refractivity contribution in [2.24, 2.45) is 0 Å². The van der Waals surface area contributed by atoms with Crippen molar-refractivity contribution in [3.8, 4) is 5.88 Å². The minimum absolute atomic E-state index is 0.686. The van der Waals surface area contributed by atoms with Crippen molar-refractivity contribution < 1.29 is 4.74 Å². The van der Waals surface area contributed by atoms with Crippen LogP contribution in [0.15, 0.2) is 18.2 Å². The van der Waals surface area contributed by atoms with Gasteiger partial charge in [-0.05, 0) is 25.6 Å². The van der Waals surface area contributed by atoms with Crippen LogP contribution in [0, 0.1) is 0 Å². The lowest BCUT2D eigenvalue weighted by molar-refractivity contribution is 0.218. The van der Waals surface area contributed by atoms with Crippen molar-refractivity contribution in [3.63, 3.8) is 0 Å². The molecule has 18 heavy (non-hydrogen) atoms. The summed E-state index contributed by atoms with van der Waals surface area (Å²) in [7, 11) is 0. The largest absolute Gasteiger partial charge is 0.476 e. The average Bonchev–Trinajstić information content (AvgIpc) is 2.42. The van der Waals surface area contributed by atoms with Gasteiger partial charge in [-0.2, -0.15) is 4.98 Å². The van der Waals surface area contributed by atoms with E-state index in [0.717, 1.165) is 38.4 Å². The maximum atomic E-state index is 5.67. The summed E-state index contributed by atoms with van der Waals surface area (Å²) < 4.78 is 5.67. The van der Waals surface area contributed by atoms with Crippen LogP contribution >= 0.6 is 0 Å². The van der Waals surface area contributed by atoms with E-state index in [1.807, 2.05) is 18.2 Å². The molecule has 0 aromatic carbocycles. The number of hydrogen-bond donors (Lipinski definition) is 1. The van der Waals surface area contributed by atoms with Crippen LogP contribution in [-0.2, 0) is 0 Å². The van der Waals surface area contributed by atoms with E-state index in [1.54, 1.807) is 0 Å². The lowest BCUT2D eigenvalue weighted by atomic mass is 10.4. The molecule has 0 saturated carbocycles. The molecule has 0 aliphatic heterocycles. The normalized spacial score (nSPS) is 10.7. The van der Waals surface area contributed by atoms with E-state index >= 15 is 0 Å². The van der Waals surface area contributed by atoms with Crippen LogP contribution in [0.2, 0.25) is 0 Å². The van der Waals surface area contributed by atoms with Crippen LogP contribution < -0.4 is 10.1 Å². The fourth-order valence-electron chi connectivity index (χ4n) is 1.67. The van der Waals surface area contributed by atoms with E-state index < -0.39 is 0 Å². The first-order chi connectivity index (χ1) is 8.80. The first-order valence-corrected chi connectivity index (χ1v) is 6.86. The van der Waals surface area contributed by atoms with Crippen LogP contribution in [0.5, 0.6) is 5.88 Å². The third-order valence-corrected chi connectivity index (χ3v) is 2.83. The number of rotatable bonds is 9. The number of ether oxygens (including phenoxy) is 1. The zero-order valence-electron chi connectivity index (χ0n) is 11.8. The van der Waals surface area contributed by atoms with Gasteiger partial charge in [0.1, 0.15) is 12.4 Å². The number of pyridine rings is 1. The molecule has 0 aliphatic rings. The van der Waals surface area contributed by atoms with E-state index in [0.29, 0.717) is 12.5 Å². The Morgan fingerprint density at radius 2 is 2.00 bits per heavy atom. The van der Waals surface area contributed by atoms with Gasteiger partial charge in [-0.3, -0.25) is 0 Å². The smallest absolute Gasteiger partial charge is 0.215 e. The molecule has 0 atom stereocenters. The molecule has 0 aliphatic carbocycles. The molecule has 0 amide bonds. The maximum absolute atomic E-state index is 5.67. The molecule has 0 bridgehead atoms. The van der Waals surface area contributed by atoms with Crippen molar-refractivity contribution in [2.75, 3.05) is 38.1 Å². The zero-order valence-corrected chi connectivity index (χ0v) is 11.8. The second-order valence-corrected chi connectivity index (χ2v) is 4.16. The molecular weight excluding hydrogens is 226 g/mol. The molecular formula is C14H25N3O. The highest BCUT2D eigenvalue weighted by atomic mass is 16.5. The predicted molar refractivity (Wildman–Crippen MR) is 76.3 cm³/mol. The number of hydrogen-bond acceptors (Lipinski definition) is 4. The Labute approximate surface area is 110 Å². The van der Waals surface area contributed by atoms with Gasteiger partial charge in [-0.25, -0.2) is 0 Å². The average molecular weight is 251 g/mol. The highest BCUT2D eigenvalue weighted by Gasteiger charge is 2.01. The number of nitrogens with one attached hydrogen (secondary N) is 1. The van der Waals surface area contributed by atoms with Gasteiger partial charge in [0.2, 0.25) is 5.88 Å². The molecule has 1 aromatic heterocycles. The minimum Gasteiger partial charge on any atom is -0.476 e. The summed E-state index contributed by atoms with van der Waals surface area (Å²) in [4.78, 5) is 6.74.